The van der Waals surface area contributed by atoms with Crippen LogP contribution in [-0.2, 0) is 4.79 Å². The Kier molecular flexibility index (Phi) is 5.21. The number of methoxy groups -OCH3 is 2. The molecule has 1 aromatic carbocycles. The van der Waals surface area contributed by atoms with Gasteiger partial charge in [-0.25, -0.2) is 4.79 Å². The van der Waals surface area contributed by atoms with Crippen LogP contribution in [0, 0.1) is 0 Å². The van der Waals surface area contributed by atoms with E-state index in [4.69, 9.17) is 9.47 Å². The fourth-order valence-corrected chi connectivity index (χ4v) is 2.59. The summed E-state index contributed by atoms with van der Waals surface area (Å²) in [7, 11) is 3.12. The van der Waals surface area contributed by atoms with E-state index in [0.29, 0.717) is 24.6 Å². The van der Waals surface area contributed by atoms with Crippen molar-refractivity contribution in [1.29, 1.82) is 0 Å². The van der Waals surface area contributed by atoms with Gasteiger partial charge >= 0.3 is 6.03 Å². The molecule has 132 valence electrons. The van der Waals surface area contributed by atoms with Gasteiger partial charge in [0.15, 0.2) is 11.5 Å². The van der Waals surface area contributed by atoms with Crippen LogP contribution >= 0.6 is 0 Å². The predicted molar refractivity (Wildman–Crippen MR) is 91.8 cm³/mol. The Bertz CT molecular complexity index is 625. The molecule has 0 aliphatic carbocycles. The maximum atomic E-state index is 12.6. The summed E-state index contributed by atoms with van der Waals surface area (Å²) in [5.74, 6) is 1.01. The molecule has 24 heavy (non-hydrogen) atoms. The number of nitrogens with zero attached hydrogens (tertiary/aromatic N) is 2. The van der Waals surface area contributed by atoms with E-state index in [1.165, 1.54) is 4.90 Å². The summed E-state index contributed by atoms with van der Waals surface area (Å²) < 4.78 is 10.5. The van der Waals surface area contributed by atoms with Gasteiger partial charge in [-0.1, -0.05) is 0 Å². The van der Waals surface area contributed by atoms with Crippen LogP contribution in [0.25, 0.3) is 0 Å². The van der Waals surface area contributed by atoms with E-state index in [-0.39, 0.29) is 24.0 Å². The van der Waals surface area contributed by atoms with E-state index >= 15 is 0 Å². The van der Waals surface area contributed by atoms with Crippen molar-refractivity contribution >= 4 is 17.6 Å². The van der Waals surface area contributed by atoms with Crippen molar-refractivity contribution in [1.82, 2.24) is 10.2 Å². The largest absolute Gasteiger partial charge is 0.493 e. The predicted octanol–water partition coefficient (Wildman–Crippen LogP) is 1.86. The van der Waals surface area contributed by atoms with Crippen LogP contribution in [0.4, 0.5) is 10.5 Å². The van der Waals surface area contributed by atoms with Crippen LogP contribution in [-0.4, -0.2) is 56.2 Å². The van der Waals surface area contributed by atoms with Gasteiger partial charge in [0, 0.05) is 30.4 Å². The van der Waals surface area contributed by atoms with Crippen LogP contribution in [0.3, 0.4) is 0 Å². The molecule has 1 heterocycles. The zero-order valence-corrected chi connectivity index (χ0v) is 14.9. The van der Waals surface area contributed by atoms with Crippen LogP contribution in [0.1, 0.15) is 20.8 Å². The number of benzene rings is 1. The topological polar surface area (TPSA) is 71.1 Å². The molecular formula is C17H25N3O4. The second kappa shape index (κ2) is 6.98. The lowest BCUT2D eigenvalue weighted by molar-refractivity contribution is -0.122. The molecule has 1 aliphatic rings. The van der Waals surface area contributed by atoms with Gasteiger partial charge in [-0.3, -0.25) is 9.69 Å². The maximum Gasteiger partial charge on any atom is 0.325 e. The second-order valence-electron chi connectivity index (χ2n) is 6.69. The number of rotatable bonds is 5. The number of hydrogen-bond acceptors (Lipinski definition) is 4. The molecule has 0 spiro atoms. The highest BCUT2D eigenvalue weighted by Gasteiger charge is 2.31. The fraction of sp³-hybridized carbons (Fsp3) is 0.529. The van der Waals surface area contributed by atoms with Crippen molar-refractivity contribution in [2.45, 2.75) is 26.3 Å². The third-order valence-electron chi connectivity index (χ3n) is 3.62. The molecule has 1 N–H and O–H groups in total. The number of ether oxygens (including phenoxy) is 2. The Morgan fingerprint density at radius 3 is 2.42 bits per heavy atom. The van der Waals surface area contributed by atoms with Crippen LogP contribution in [0.2, 0.25) is 0 Å². The van der Waals surface area contributed by atoms with E-state index < -0.39 is 0 Å². The standard InChI is InChI=1S/C17H25N3O4/c1-17(2,3)18-15(21)11-19-8-9-20(16(19)22)12-6-7-13(23-4)14(10-12)24-5/h6-7,10H,8-9,11H2,1-5H3,(H,18,21). The Labute approximate surface area is 142 Å². The Balaban J connectivity index is 2.07. The van der Waals surface area contributed by atoms with Crippen molar-refractivity contribution in [2.75, 3.05) is 38.8 Å². The molecule has 3 amide bonds. The van der Waals surface area contributed by atoms with Crippen molar-refractivity contribution in [3.8, 4) is 11.5 Å². The molecule has 0 atom stereocenters. The van der Waals surface area contributed by atoms with Gasteiger partial charge in [0.05, 0.1) is 14.2 Å². The minimum atomic E-state index is -0.317. The average Bonchev–Trinajstić information content (AvgIpc) is 2.85. The smallest absolute Gasteiger partial charge is 0.325 e. The minimum absolute atomic E-state index is 0.0554. The number of nitrogens with one attached hydrogen (secondary N) is 1. The molecule has 1 fully saturated rings. The number of anilines is 1. The monoisotopic (exact) mass is 335 g/mol. The first-order chi connectivity index (χ1) is 11.2. The lowest BCUT2D eigenvalue weighted by Gasteiger charge is -2.23. The third-order valence-corrected chi connectivity index (χ3v) is 3.62. The van der Waals surface area contributed by atoms with Crippen LogP contribution in [0.5, 0.6) is 11.5 Å². The SMILES string of the molecule is COc1ccc(N2CCN(CC(=O)NC(C)(C)C)C2=O)cc1OC. The number of urea groups is 1. The summed E-state index contributed by atoms with van der Waals surface area (Å²) in [6.07, 6.45) is 0. The lowest BCUT2D eigenvalue weighted by Crippen LogP contribution is -2.46. The molecule has 7 nitrogen and oxygen atoms in total. The summed E-state index contributed by atoms with van der Waals surface area (Å²) >= 11 is 0. The summed E-state index contributed by atoms with van der Waals surface area (Å²) in [5, 5.41) is 2.87. The van der Waals surface area contributed by atoms with E-state index in [1.54, 1.807) is 37.3 Å². The van der Waals surface area contributed by atoms with Gasteiger partial charge in [0.25, 0.3) is 0 Å². The third kappa shape index (κ3) is 4.10. The van der Waals surface area contributed by atoms with Gasteiger partial charge in [-0.15, -0.1) is 0 Å². The van der Waals surface area contributed by atoms with Crippen molar-refractivity contribution in [2.24, 2.45) is 0 Å². The summed E-state index contributed by atoms with van der Waals surface area (Å²) in [4.78, 5) is 27.8. The first kappa shape index (κ1) is 17.9. The first-order valence-corrected chi connectivity index (χ1v) is 7.84. The van der Waals surface area contributed by atoms with Gasteiger partial charge in [-0.2, -0.15) is 0 Å². The van der Waals surface area contributed by atoms with Gasteiger partial charge in [0.2, 0.25) is 5.91 Å². The number of carbonyl (C=O) groups excluding carboxylic acids is 2. The highest BCUT2D eigenvalue weighted by atomic mass is 16.5. The van der Waals surface area contributed by atoms with E-state index in [9.17, 15) is 9.59 Å². The van der Waals surface area contributed by atoms with Gasteiger partial charge in [-0.05, 0) is 32.9 Å². The molecule has 2 rings (SSSR count). The van der Waals surface area contributed by atoms with Crippen LogP contribution < -0.4 is 19.7 Å². The molecule has 0 bridgehead atoms. The van der Waals surface area contributed by atoms with Crippen molar-refractivity contribution in [3.63, 3.8) is 0 Å². The lowest BCUT2D eigenvalue weighted by atomic mass is 10.1. The van der Waals surface area contributed by atoms with Gasteiger partial charge < -0.3 is 19.7 Å². The van der Waals surface area contributed by atoms with E-state index in [1.807, 2.05) is 20.8 Å². The molecule has 0 unspecified atom stereocenters. The Morgan fingerprint density at radius 1 is 1.17 bits per heavy atom. The summed E-state index contributed by atoms with van der Waals surface area (Å²) in [6.45, 7) is 6.81. The van der Waals surface area contributed by atoms with Gasteiger partial charge in [0.1, 0.15) is 6.54 Å². The zero-order valence-electron chi connectivity index (χ0n) is 14.9. The molecule has 1 saturated heterocycles. The van der Waals surface area contributed by atoms with Crippen molar-refractivity contribution < 1.29 is 19.1 Å². The van der Waals surface area contributed by atoms with E-state index in [0.717, 1.165) is 5.69 Å². The Morgan fingerprint density at radius 2 is 1.83 bits per heavy atom. The second-order valence-corrected chi connectivity index (χ2v) is 6.69. The highest BCUT2D eigenvalue weighted by Crippen LogP contribution is 2.32. The molecule has 0 radical (unpaired) electrons. The molecule has 0 saturated carbocycles. The molecule has 0 aromatic heterocycles. The number of hydrogen-bond donors (Lipinski definition) is 1. The van der Waals surface area contributed by atoms with Crippen LogP contribution in [0.15, 0.2) is 18.2 Å². The van der Waals surface area contributed by atoms with E-state index in [2.05, 4.69) is 5.32 Å². The average molecular weight is 335 g/mol. The quantitative estimate of drug-likeness (QED) is 0.891. The molecule has 7 heteroatoms. The molecule has 1 aliphatic heterocycles. The normalized spacial score (nSPS) is 14.8. The first-order valence-electron chi connectivity index (χ1n) is 7.84. The number of carbonyl (C=O) groups is 2. The minimum Gasteiger partial charge on any atom is -0.493 e. The fourth-order valence-electron chi connectivity index (χ4n) is 2.59. The summed E-state index contributed by atoms with van der Waals surface area (Å²) in [6, 6.07) is 5.13. The molecular weight excluding hydrogens is 310 g/mol. The van der Waals surface area contributed by atoms with Crippen molar-refractivity contribution in [3.05, 3.63) is 18.2 Å². The highest BCUT2D eigenvalue weighted by molar-refractivity contribution is 5.96. The zero-order chi connectivity index (χ0) is 17.9. The summed E-state index contributed by atoms with van der Waals surface area (Å²) in [5.41, 5.74) is 0.402. The Hall–Kier alpha value is -2.44. The molecule has 1 aromatic rings. The maximum absolute atomic E-state index is 12.6. The number of amides is 3.